The number of rotatable bonds is 2. The number of benzene rings is 1. The maximum atomic E-state index is 12.3. The number of amides is 1. The highest BCUT2D eigenvalue weighted by Gasteiger charge is 2.52. The van der Waals surface area contributed by atoms with Crippen molar-refractivity contribution in [1.29, 1.82) is 0 Å². The van der Waals surface area contributed by atoms with Crippen LogP contribution in [-0.4, -0.2) is 37.5 Å². The summed E-state index contributed by atoms with van der Waals surface area (Å²) in [5, 5.41) is 2.96. The summed E-state index contributed by atoms with van der Waals surface area (Å²) in [6, 6.07) is 5.04. The van der Waals surface area contributed by atoms with E-state index in [4.69, 9.17) is 19.9 Å². The summed E-state index contributed by atoms with van der Waals surface area (Å²) in [5.74, 6) is 1.50. The van der Waals surface area contributed by atoms with E-state index in [1.807, 2.05) is 0 Å². The maximum absolute atomic E-state index is 12.3. The molecule has 2 fully saturated rings. The van der Waals surface area contributed by atoms with Crippen molar-refractivity contribution in [3.05, 3.63) is 23.8 Å². The number of nitrogens with one attached hydrogen (secondary N) is 1. The van der Waals surface area contributed by atoms with Crippen molar-refractivity contribution in [2.75, 3.05) is 13.4 Å². The first kappa shape index (κ1) is 12.0. The van der Waals surface area contributed by atoms with Crippen molar-refractivity contribution in [3.63, 3.8) is 0 Å². The van der Waals surface area contributed by atoms with Gasteiger partial charge in [-0.1, -0.05) is 0 Å². The van der Waals surface area contributed by atoms with Crippen molar-refractivity contribution in [2.24, 2.45) is 11.7 Å². The van der Waals surface area contributed by atoms with Crippen LogP contribution in [0.4, 0.5) is 0 Å². The molecule has 0 aromatic heterocycles. The van der Waals surface area contributed by atoms with E-state index in [0.717, 1.165) is 13.0 Å². The molecule has 2 heterocycles. The Labute approximate surface area is 116 Å². The first-order valence-electron chi connectivity index (χ1n) is 6.82. The van der Waals surface area contributed by atoms with Crippen LogP contribution >= 0.6 is 0 Å². The van der Waals surface area contributed by atoms with Crippen LogP contribution in [0, 0.1) is 5.92 Å². The Hall–Kier alpha value is -1.79. The number of carbonyl (C=O) groups is 1. The monoisotopic (exact) mass is 276 g/mol. The molecule has 1 amide bonds. The van der Waals surface area contributed by atoms with Crippen LogP contribution in [0.2, 0.25) is 0 Å². The minimum absolute atomic E-state index is 0.0135. The van der Waals surface area contributed by atoms with Gasteiger partial charge in [-0.3, -0.25) is 4.79 Å². The van der Waals surface area contributed by atoms with E-state index >= 15 is 0 Å². The fourth-order valence-corrected chi connectivity index (χ4v) is 3.20. The minimum Gasteiger partial charge on any atom is -0.454 e. The second kappa shape index (κ2) is 4.36. The lowest BCUT2D eigenvalue weighted by atomic mass is 9.72. The van der Waals surface area contributed by atoms with Crippen molar-refractivity contribution in [2.45, 2.75) is 24.6 Å². The van der Waals surface area contributed by atoms with Gasteiger partial charge in [0.25, 0.3) is 5.91 Å². The average molecular weight is 276 g/mol. The van der Waals surface area contributed by atoms with Crippen LogP contribution in [0.3, 0.4) is 0 Å². The molecule has 106 valence electrons. The highest BCUT2D eigenvalue weighted by atomic mass is 16.7. The standard InChI is InChI=1S/C14H16N2O4/c15-11-8-3-4-18-13(8)12(11)16-14(17)7-1-2-9-10(5-7)20-6-19-9/h1-2,5,8,11-13H,3-4,6,15H2,(H,16,17). The Bertz CT molecular complexity index is 562. The van der Waals surface area contributed by atoms with Crippen LogP contribution in [0.5, 0.6) is 11.5 Å². The molecule has 3 aliphatic rings. The second-order valence-corrected chi connectivity index (χ2v) is 5.43. The summed E-state index contributed by atoms with van der Waals surface area (Å²) in [6.07, 6.45) is 1.06. The van der Waals surface area contributed by atoms with Gasteiger partial charge in [-0.15, -0.1) is 0 Å². The highest BCUT2D eigenvalue weighted by Crippen LogP contribution is 2.38. The van der Waals surface area contributed by atoms with E-state index in [0.29, 0.717) is 23.0 Å². The third-order valence-electron chi connectivity index (χ3n) is 4.38. The van der Waals surface area contributed by atoms with Gasteiger partial charge in [-0.25, -0.2) is 0 Å². The number of hydrogen-bond donors (Lipinski definition) is 2. The largest absolute Gasteiger partial charge is 0.454 e. The minimum atomic E-state index is -0.155. The molecular weight excluding hydrogens is 260 g/mol. The molecule has 1 aromatic carbocycles. The molecule has 3 N–H and O–H groups in total. The molecule has 1 aromatic rings. The first-order valence-corrected chi connectivity index (χ1v) is 6.82. The number of ether oxygens (including phenoxy) is 3. The van der Waals surface area contributed by atoms with Crippen LogP contribution < -0.4 is 20.5 Å². The first-order chi connectivity index (χ1) is 9.74. The Morgan fingerprint density at radius 1 is 1.30 bits per heavy atom. The fourth-order valence-electron chi connectivity index (χ4n) is 3.20. The summed E-state index contributed by atoms with van der Waals surface area (Å²) in [6.45, 7) is 0.935. The molecule has 6 nitrogen and oxygen atoms in total. The molecule has 2 aliphatic heterocycles. The number of nitrogens with two attached hydrogens (primary N) is 1. The zero-order valence-electron chi connectivity index (χ0n) is 10.9. The lowest BCUT2D eigenvalue weighted by Crippen LogP contribution is -2.68. The Kier molecular flexibility index (Phi) is 2.61. The molecule has 0 bridgehead atoms. The van der Waals surface area contributed by atoms with Crippen LogP contribution in [0.25, 0.3) is 0 Å². The number of fused-ring (bicyclic) bond motifs is 2. The molecule has 1 saturated carbocycles. The summed E-state index contributed by atoms with van der Waals surface area (Å²) in [4.78, 5) is 12.3. The fraction of sp³-hybridized carbons (Fsp3) is 0.500. The van der Waals surface area contributed by atoms with E-state index in [9.17, 15) is 4.79 Å². The Morgan fingerprint density at radius 2 is 2.15 bits per heavy atom. The van der Waals surface area contributed by atoms with E-state index in [2.05, 4.69) is 5.32 Å². The van der Waals surface area contributed by atoms with Gasteiger partial charge in [-0.05, 0) is 24.6 Å². The van der Waals surface area contributed by atoms with Gasteiger partial charge < -0.3 is 25.3 Å². The van der Waals surface area contributed by atoms with E-state index < -0.39 is 0 Å². The van der Waals surface area contributed by atoms with E-state index in [-0.39, 0.29) is 30.9 Å². The summed E-state index contributed by atoms with van der Waals surface area (Å²) in [7, 11) is 0. The van der Waals surface area contributed by atoms with Gasteiger partial charge in [0.15, 0.2) is 11.5 Å². The van der Waals surface area contributed by atoms with Gasteiger partial charge in [0.05, 0.1) is 12.1 Å². The maximum Gasteiger partial charge on any atom is 0.251 e. The zero-order valence-corrected chi connectivity index (χ0v) is 10.9. The van der Waals surface area contributed by atoms with Crippen molar-refractivity contribution < 1.29 is 19.0 Å². The van der Waals surface area contributed by atoms with Crippen molar-refractivity contribution in [3.8, 4) is 11.5 Å². The highest BCUT2D eigenvalue weighted by molar-refractivity contribution is 5.95. The smallest absolute Gasteiger partial charge is 0.251 e. The van der Waals surface area contributed by atoms with Gasteiger partial charge in [0.2, 0.25) is 6.79 Å². The third-order valence-corrected chi connectivity index (χ3v) is 4.38. The Balaban J connectivity index is 1.48. The van der Waals surface area contributed by atoms with E-state index in [1.54, 1.807) is 18.2 Å². The molecule has 6 heteroatoms. The average Bonchev–Trinajstić information content (AvgIpc) is 3.10. The summed E-state index contributed by atoms with van der Waals surface area (Å²) < 4.78 is 16.1. The van der Waals surface area contributed by atoms with Crippen LogP contribution in [0.15, 0.2) is 18.2 Å². The van der Waals surface area contributed by atoms with Crippen molar-refractivity contribution >= 4 is 5.91 Å². The lowest BCUT2D eigenvalue weighted by molar-refractivity contribution is -0.0161. The predicted molar refractivity (Wildman–Crippen MR) is 69.6 cm³/mol. The van der Waals surface area contributed by atoms with Gasteiger partial charge in [0.1, 0.15) is 0 Å². The number of hydrogen-bond acceptors (Lipinski definition) is 5. The quantitative estimate of drug-likeness (QED) is 0.809. The third kappa shape index (κ3) is 1.68. The van der Waals surface area contributed by atoms with Gasteiger partial charge >= 0.3 is 0 Å². The van der Waals surface area contributed by atoms with E-state index in [1.165, 1.54) is 0 Å². The SMILES string of the molecule is NC1C2CCOC2C1NC(=O)c1ccc2c(c1)OCO2. The van der Waals surface area contributed by atoms with Gasteiger partial charge in [0, 0.05) is 24.1 Å². The molecule has 0 radical (unpaired) electrons. The van der Waals surface area contributed by atoms with Gasteiger partial charge in [-0.2, -0.15) is 0 Å². The molecule has 0 spiro atoms. The molecule has 4 atom stereocenters. The summed E-state index contributed by atoms with van der Waals surface area (Å²) in [5.41, 5.74) is 6.63. The normalized spacial score (nSPS) is 33.5. The molecule has 1 aliphatic carbocycles. The summed E-state index contributed by atoms with van der Waals surface area (Å²) >= 11 is 0. The molecule has 4 unspecified atom stereocenters. The van der Waals surface area contributed by atoms with Crippen molar-refractivity contribution in [1.82, 2.24) is 5.32 Å². The van der Waals surface area contributed by atoms with Crippen LogP contribution in [0.1, 0.15) is 16.8 Å². The molecule has 4 rings (SSSR count). The Morgan fingerprint density at radius 3 is 3.05 bits per heavy atom. The lowest BCUT2D eigenvalue weighted by Gasteiger charge is -2.45. The zero-order chi connectivity index (χ0) is 13.7. The molecule has 20 heavy (non-hydrogen) atoms. The topological polar surface area (TPSA) is 82.8 Å². The second-order valence-electron chi connectivity index (χ2n) is 5.43. The van der Waals surface area contributed by atoms with Crippen LogP contribution in [-0.2, 0) is 4.74 Å². The number of carbonyl (C=O) groups excluding carboxylic acids is 1. The molecule has 1 saturated heterocycles. The molecular formula is C14H16N2O4. The predicted octanol–water partition coefficient (Wildman–Crippen LogP) is 0.260.